The Bertz CT molecular complexity index is 672. The Morgan fingerprint density at radius 2 is 1.79 bits per heavy atom. The molecule has 0 spiro atoms. The van der Waals surface area contributed by atoms with Crippen LogP contribution in [0.3, 0.4) is 0 Å². The molecule has 0 bridgehead atoms. The third-order valence-electron chi connectivity index (χ3n) is 4.47. The van der Waals surface area contributed by atoms with E-state index in [0.717, 1.165) is 5.56 Å². The van der Waals surface area contributed by atoms with E-state index in [0.29, 0.717) is 41.6 Å². The van der Waals surface area contributed by atoms with Crippen LogP contribution in [-0.2, 0) is 6.54 Å². The molecule has 0 unspecified atom stereocenters. The summed E-state index contributed by atoms with van der Waals surface area (Å²) < 4.78 is 21.5. The molecule has 1 heterocycles. The summed E-state index contributed by atoms with van der Waals surface area (Å²) in [4.78, 5) is 6.76. The summed E-state index contributed by atoms with van der Waals surface area (Å²) in [5.41, 5.74) is 0.755. The fourth-order valence-electron chi connectivity index (χ4n) is 2.82. The molecule has 130 valence electrons. The molecular weight excluding hydrogens is 310 g/mol. The molecular formula is C17H23N3O4. The van der Waals surface area contributed by atoms with Crippen molar-refractivity contribution in [3.8, 4) is 28.6 Å². The fraction of sp³-hybridized carbons (Fsp3) is 0.529. The number of benzene rings is 1. The predicted molar refractivity (Wildman–Crippen MR) is 88.5 cm³/mol. The zero-order chi connectivity index (χ0) is 17.1. The second-order valence-corrected chi connectivity index (χ2v) is 5.93. The SMILES string of the molecule is COc1cc(-c2noc(CN(C)C3CCC3)n2)cc(OC)c1OC. The summed E-state index contributed by atoms with van der Waals surface area (Å²) in [5, 5.41) is 4.08. The molecule has 24 heavy (non-hydrogen) atoms. The van der Waals surface area contributed by atoms with E-state index in [1.807, 2.05) is 12.1 Å². The van der Waals surface area contributed by atoms with Gasteiger partial charge in [-0.3, -0.25) is 4.90 Å². The van der Waals surface area contributed by atoms with Crippen LogP contribution in [0.1, 0.15) is 25.2 Å². The molecule has 2 aromatic rings. The summed E-state index contributed by atoms with van der Waals surface area (Å²) >= 11 is 0. The van der Waals surface area contributed by atoms with Gasteiger partial charge in [0, 0.05) is 11.6 Å². The van der Waals surface area contributed by atoms with Gasteiger partial charge in [-0.2, -0.15) is 4.98 Å². The van der Waals surface area contributed by atoms with E-state index < -0.39 is 0 Å². The topological polar surface area (TPSA) is 69.9 Å². The van der Waals surface area contributed by atoms with Crippen molar-refractivity contribution in [2.24, 2.45) is 0 Å². The van der Waals surface area contributed by atoms with Crippen molar-refractivity contribution in [1.29, 1.82) is 0 Å². The van der Waals surface area contributed by atoms with Crippen LogP contribution in [0.25, 0.3) is 11.4 Å². The zero-order valence-electron chi connectivity index (χ0n) is 14.5. The van der Waals surface area contributed by atoms with Gasteiger partial charge in [-0.1, -0.05) is 11.6 Å². The van der Waals surface area contributed by atoms with E-state index in [2.05, 4.69) is 22.1 Å². The zero-order valence-corrected chi connectivity index (χ0v) is 14.5. The number of nitrogens with zero attached hydrogens (tertiary/aromatic N) is 3. The third-order valence-corrected chi connectivity index (χ3v) is 4.47. The lowest BCUT2D eigenvalue weighted by Gasteiger charge is -2.33. The molecule has 0 amide bonds. The molecule has 1 saturated carbocycles. The van der Waals surface area contributed by atoms with Crippen LogP contribution in [0, 0.1) is 0 Å². The summed E-state index contributed by atoms with van der Waals surface area (Å²) in [6, 6.07) is 4.25. The van der Waals surface area contributed by atoms with E-state index in [-0.39, 0.29) is 0 Å². The molecule has 7 nitrogen and oxygen atoms in total. The lowest BCUT2D eigenvalue weighted by Crippen LogP contribution is -2.36. The maximum absolute atomic E-state index is 5.40. The van der Waals surface area contributed by atoms with E-state index in [4.69, 9.17) is 18.7 Å². The Morgan fingerprint density at radius 1 is 1.12 bits per heavy atom. The van der Waals surface area contributed by atoms with Crippen molar-refractivity contribution in [3.63, 3.8) is 0 Å². The van der Waals surface area contributed by atoms with Crippen LogP contribution in [0.4, 0.5) is 0 Å². The van der Waals surface area contributed by atoms with Crippen LogP contribution in [-0.4, -0.2) is 49.5 Å². The average molecular weight is 333 g/mol. The minimum absolute atomic E-state index is 0.506. The highest BCUT2D eigenvalue weighted by atomic mass is 16.5. The minimum Gasteiger partial charge on any atom is -0.493 e. The Balaban J connectivity index is 1.83. The van der Waals surface area contributed by atoms with E-state index in [1.165, 1.54) is 19.3 Å². The van der Waals surface area contributed by atoms with E-state index in [9.17, 15) is 0 Å². The minimum atomic E-state index is 0.506. The first-order valence-electron chi connectivity index (χ1n) is 7.99. The highest BCUT2D eigenvalue weighted by molar-refractivity contribution is 5.66. The second-order valence-electron chi connectivity index (χ2n) is 5.93. The van der Waals surface area contributed by atoms with Gasteiger partial charge in [-0.05, 0) is 32.0 Å². The van der Waals surface area contributed by atoms with Gasteiger partial charge in [0.2, 0.25) is 17.5 Å². The van der Waals surface area contributed by atoms with E-state index >= 15 is 0 Å². The number of aromatic nitrogens is 2. The van der Waals surface area contributed by atoms with Crippen LogP contribution < -0.4 is 14.2 Å². The summed E-state index contributed by atoms with van der Waals surface area (Å²) in [6.45, 7) is 0.655. The van der Waals surface area contributed by atoms with Crippen LogP contribution in [0.15, 0.2) is 16.7 Å². The first-order valence-corrected chi connectivity index (χ1v) is 7.99. The Kier molecular flexibility index (Phi) is 4.89. The number of methoxy groups -OCH3 is 3. The third kappa shape index (κ3) is 3.17. The highest BCUT2D eigenvalue weighted by Crippen LogP contribution is 2.40. The molecule has 0 radical (unpaired) electrons. The normalized spacial score (nSPS) is 14.5. The molecule has 0 atom stereocenters. The van der Waals surface area contributed by atoms with Crippen molar-refractivity contribution < 1.29 is 18.7 Å². The van der Waals surface area contributed by atoms with Gasteiger partial charge < -0.3 is 18.7 Å². The van der Waals surface area contributed by atoms with Gasteiger partial charge in [0.1, 0.15) is 0 Å². The van der Waals surface area contributed by atoms with Gasteiger partial charge in [-0.15, -0.1) is 0 Å². The lowest BCUT2D eigenvalue weighted by molar-refractivity contribution is 0.137. The first kappa shape index (κ1) is 16.6. The molecule has 0 saturated heterocycles. The number of hydrogen-bond acceptors (Lipinski definition) is 7. The number of ether oxygens (including phenoxy) is 3. The molecule has 0 aliphatic heterocycles. The van der Waals surface area contributed by atoms with Crippen molar-refractivity contribution in [2.45, 2.75) is 31.8 Å². The molecule has 1 aliphatic carbocycles. The Labute approximate surface area is 141 Å². The molecule has 7 heteroatoms. The average Bonchev–Trinajstić information content (AvgIpc) is 2.99. The maximum atomic E-state index is 5.40. The van der Waals surface area contributed by atoms with Gasteiger partial charge in [0.25, 0.3) is 0 Å². The van der Waals surface area contributed by atoms with Crippen LogP contribution >= 0.6 is 0 Å². The molecule has 1 aliphatic rings. The molecule has 1 aromatic heterocycles. The highest BCUT2D eigenvalue weighted by Gasteiger charge is 2.24. The predicted octanol–water partition coefficient (Wildman–Crippen LogP) is 2.75. The van der Waals surface area contributed by atoms with Gasteiger partial charge in [-0.25, -0.2) is 0 Å². The maximum Gasteiger partial charge on any atom is 0.241 e. The molecule has 1 aromatic carbocycles. The standard InChI is InChI=1S/C17H23N3O4/c1-20(12-6-5-7-12)10-15-18-17(19-24-15)11-8-13(21-2)16(23-4)14(9-11)22-3/h8-9,12H,5-7,10H2,1-4H3. The first-order chi connectivity index (χ1) is 11.7. The second kappa shape index (κ2) is 7.09. The Morgan fingerprint density at radius 3 is 2.29 bits per heavy atom. The fourth-order valence-corrected chi connectivity index (χ4v) is 2.82. The number of hydrogen-bond donors (Lipinski definition) is 0. The summed E-state index contributed by atoms with van der Waals surface area (Å²) in [6.07, 6.45) is 3.78. The van der Waals surface area contributed by atoms with Gasteiger partial charge in [0.15, 0.2) is 11.5 Å². The largest absolute Gasteiger partial charge is 0.493 e. The van der Waals surface area contributed by atoms with Gasteiger partial charge >= 0.3 is 0 Å². The van der Waals surface area contributed by atoms with Crippen molar-refractivity contribution in [2.75, 3.05) is 28.4 Å². The monoisotopic (exact) mass is 333 g/mol. The summed E-state index contributed by atoms with van der Waals surface area (Å²) in [5.74, 6) is 2.77. The van der Waals surface area contributed by atoms with Crippen molar-refractivity contribution in [1.82, 2.24) is 15.0 Å². The smallest absolute Gasteiger partial charge is 0.241 e. The lowest BCUT2D eigenvalue weighted by atomic mass is 9.92. The Hall–Kier alpha value is -2.28. The quantitative estimate of drug-likeness (QED) is 0.771. The molecule has 3 rings (SSSR count). The number of rotatable bonds is 7. The van der Waals surface area contributed by atoms with E-state index in [1.54, 1.807) is 21.3 Å². The van der Waals surface area contributed by atoms with Crippen molar-refractivity contribution >= 4 is 0 Å². The van der Waals surface area contributed by atoms with Crippen LogP contribution in [0.5, 0.6) is 17.2 Å². The molecule has 1 fully saturated rings. The molecule has 0 N–H and O–H groups in total. The summed E-state index contributed by atoms with van der Waals surface area (Å²) in [7, 11) is 6.82. The van der Waals surface area contributed by atoms with Crippen LogP contribution in [0.2, 0.25) is 0 Å². The van der Waals surface area contributed by atoms with Gasteiger partial charge in [0.05, 0.1) is 27.9 Å². The van der Waals surface area contributed by atoms with Crippen molar-refractivity contribution in [3.05, 3.63) is 18.0 Å².